The Morgan fingerprint density at radius 1 is 1.14 bits per heavy atom. The van der Waals surface area contributed by atoms with Crippen molar-refractivity contribution >= 4 is 5.91 Å². The van der Waals surface area contributed by atoms with Gasteiger partial charge in [-0.15, -0.1) is 0 Å². The van der Waals surface area contributed by atoms with Gasteiger partial charge in [-0.3, -0.25) is 4.79 Å². The lowest BCUT2D eigenvalue weighted by Gasteiger charge is -2.32. The van der Waals surface area contributed by atoms with Crippen LogP contribution in [0.15, 0.2) is 24.3 Å². The summed E-state index contributed by atoms with van der Waals surface area (Å²) >= 11 is 0. The Hall–Kier alpha value is -1.35. The summed E-state index contributed by atoms with van der Waals surface area (Å²) in [5.41, 5.74) is 2.12. The molecule has 0 unspecified atom stereocenters. The van der Waals surface area contributed by atoms with Crippen molar-refractivity contribution in [2.24, 2.45) is 5.92 Å². The summed E-state index contributed by atoms with van der Waals surface area (Å²) < 4.78 is 0. The van der Waals surface area contributed by atoms with Gasteiger partial charge in [-0.2, -0.15) is 0 Å². The number of amides is 1. The number of likely N-dealkylation sites (tertiary alicyclic amines) is 1. The average molecular weight is 300 g/mol. The minimum absolute atomic E-state index is 0.191. The molecule has 3 heteroatoms. The van der Waals surface area contributed by atoms with Gasteiger partial charge in [0, 0.05) is 24.7 Å². The SMILES string of the molecule is CC(C)c1ccc(C(=O)N2CCC(NCC3CC3)CC2)cc1. The van der Waals surface area contributed by atoms with E-state index in [2.05, 4.69) is 31.3 Å². The molecule has 1 aromatic carbocycles. The maximum Gasteiger partial charge on any atom is 0.253 e. The van der Waals surface area contributed by atoms with Crippen LogP contribution in [0.3, 0.4) is 0 Å². The van der Waals surface area contributed by atoms with Crippen molar-refractivity contribution in [3.05, 3.63) is 35.4 Å². The van der Waals surface area contributed by atoms with E-state index >= 15 is 0 Å². The summed E-state index contributed by atoms with van der Waals surface area (Å²) in [6, 6.07) is 8.74. The van der Waals surface area contributed by atoms with Crippen LogP contribution in [0.1, 0.15) is 61.4 Å². The topological polar surface area (TPSA) is 32.3 Å². The Labute approximate surface area is 134 Å². The van der Waals surface area contributed by atoms with Crippen LogP contribution in [0, 0.1) is 5.92 Å². The fraction of sp³-hybridized carbons (Fsp3) is 0.632. The number of piperidine rings is 1. The summed E-state index contributed by atoms with van der Waals surface area (Å²) in [4.78, 5) is 14.6. The third-order valence-corrected chi connectivity index (χ3v) is 5.00. The van der Waals surface area contributed by atoms with Gasteiger partial charge in [-0.05, 0) is 61.8 Å². The van der Waals surface area contributed by atoms with Crippen LogP contribution in [0.25, 0.3) is 0 Å². The van der Waals surface area contributed by atoms with Crippen molar-refractivity contribution in [2.75, 3.05) is 19.6 Å². The molecule has 3 nitrogen and oxygen atoms in total. The molecule has 0 atom stereocenters. The molecule has 1 saturated carbocycles. The van der Waals surface area contributed by atoms with Crippen LogP contribution in [-0.2, 0) is 0 Å². The second-order valence-electron chi connectivity index (χ2n) is 7.19. The molecule has 22 heavy (non-hydrogen) atoms. The van der Waals surface area contributed by atoms with E-state index in [-0.39, 0.29) is 5.91 Å². The number of carbonyl (C=O) groups excluding carboxylic acids is 1. The summed E-state index contributed by atoms with van der Waals surface area (Å²) in [6.07, 6.45) is 4.97. The van der Waals surface area contributed by atoms with E-state index in [1.165, 1.54) is 24.9 Å². The van der Waals surface area contributed by atoms with Crippen molar-refractivity contribution in [3.8, 4) is 0 Å². The van der Waals surface area contributed by atoms with Crippen LogP contribution >= 0.6 is 0 Å². The molecule has 2 fully saturated rings. The highest BCUT2D eigenvalue weighted by Crippen LogP contribution is 2.28. The highest BCUT2D eigenvalue weighted by Gasteiger charge is 2.26. The smallest absolute Gasteiger partial charge is 0.253 e. The molecular weight excluding hydrogens is 272 g/mol. The predicted molar refractivity (Wildman–Crippen MR) is 90.2 cm³/mol. The molecule has 2 aliphatic rings. The Bertz CT molecular complexity index is 497. The quantitative estimate of drug-likeness (QED) is 0.903. The van der Waals surface area contributed by atoms with Crippen LogP contribution < -0.4 is 5.32 Å². The molecule has 1 aliphatic carbocycles. The molecule has 0 bridgehead atoms. The van der Waals surface area contributed by atoms with E-state index in [0.29, 0.717) is 12.0 Å². The van der Waals surface area contributed by atoms with E-state index in [1.54, 1.807) is 0 Å². The first-order valence-electron chi connectivity index (χ1n) is 8.76. The highest BCUT2D eigenvalue weighted by molar-refractivity contribution is 5.94. The third-order valence-electron chi connectivity index (χ3n) is 5.00. The second kappa shape index (κ2) is 6.82. The van der Waals surface area contributed by atoms with E-state index in [9.17, 15) is 4.79 Å². The van der Waals surface area contributed by atoms with Crippen LogP contribution in [0.4, 0.5) is 0 Å². The lowest BCUT2D eigenvalue weighted by molar-refractivity contribution is 0.0705. The zero-order chi connectivity index (χ0) is 15.5. The zero-order valence-electron chi connectivity index (χ0n) is 13.8. The number of carbonyl (C=O) groups is 1. The average Bonchev–Trinajstić information content (AvgIpc) is 3.37. The maximum atomic E-state index is 12.6. The molecule has 0 aromatic heterocycles. The summed E-state index contributed by atoms with van der Waals surface area (Å²) in [6.45, 7) is 7.29. The third kappa shape index (κ3) is 3.89. The van der Waals surface area contributed by atoms with E-state index in [1.807, 2.05) is 17.0 Å². The Balaban J connectivity index is 1.50. The molecule has 1 aliphatic heterocycles. The molecule has 1 amide bonds. The fourth-order valence-electron chi connectivity index (χ4n) is 3.14. The Morgan fingerprint density at radius 3 is 2.32 bits per heavy atom. The van der Waals surface area contributed by atoms with Gasteiger partial charge in [0.1, 0.15) is 0 Å². The lowest BCUT2D eigenvalue weighted by atomic mass is 10.0. The van der Waals surface area contributed by atoms with Crippen molar-refractivity contribution in [2.45, 2.75) is 51.5 Å². The molecule has 3 rings (SSSR count). The standard InChI is InChI=1S/C19H28N2O/c1-14(2)16-5-7-17(8-6-16)19(22)21-11-9-18(10-12-21)20-13-15-3-4-15/h5-8,14-15,18,20H,3-4,9-13H2,1-2H3. The molecular formula is C19H28N2O. The molecule has 1 N–H and O–H groups in total. The summed E-state index contributed by atoms with van der Waals surface area (Å²) in [7, 11) is 0. The minimum Gasteiger partial charge on any atom is -0.339 e. The molecule has 1 heterocycles. The van der Waals surface area contributed by atoms with Gasteiger partial charge in [0.05, 0.1) is 0 Å². The molecule has 1 aromatic rings. The number of nitrogens with one attached hydrogen (secondary N) is 1. The number of benzene rings is 1. The zero-order valence-corrected chi connectivity index (χ0v) is 13.8. The maximum absolute atomic E-state index is 12.6. The number of nitrogens with zero attached hydrogens (tertiary/aromatic N) is 1. The molecule has 0 spiro atoms. The van der Waals surface area contributed by atoms with Gasteiger partial charge in [-0.1, -0.05) is 26.0 Å². The van der Waals surface area contributed by atoms with Gasteiger partial charge in [-0.25, -0.2) is 0 Å². The normalized spacial score (nSPS) is 19.7. The second-order valence-corrected chi connectivity index (χ2v) is 7.19. The molecule has 0 radical (unpaired) electrons. The van der Waals surface area contributed by atoms with Crippen molar-refractivity contribution in [1.82, 2.24) is 10.2 Å². The first kappa shape index (κ1) is 15.5. The monoisotopic (exact) mass is 300 g/mol. The Kier molecular flexibility index (Phi) is 4.82. The fourth-order valence-corrected chi connectivity index (χ4v) is 3.14. The van der Waals surface area contributed by atoms with Gasteiger partial charge in [0.15, 0.2) is 0 Å². The van der Waals surface area contributed by atoms with E-state index in [4.69, 9.17) is 0 Å². The number of hydrogen-bond acceptors (Lipinski definition) is 2. The predicted octanol–water partition coefficient (Wildman–Crippen LogP) is 3.41. The van der Waals surface area contributed by atoms with Gasteiger partial charge in [0.2, 0.25) is 0 Å². The van der Waals surface area contributed by atoms with Gasteiger partial charge in [0.25, 0.3) is 5.91 Å². The number of hydrogen-bond donors (Lipinski definition) is 1. The van der Waals surface area contributed by atoms with Crippen LogP contribution in [0.5, 0.6) is 0 Å². The highest BCUT2D eigenvalue weighted by atomic mass is 16.2. The summed E-state index contributed by atoms with van der Waals surface area (Å²) in [5, 5.41) is 3.66. The van der Waals surface area contributed by atoms with Crippen molar-refractivity contribution in [3.63, 3.8) is 0 Å². The Morgan fingerprint density at radius 2 is 1.77 bits per heavy atom. The van der Waals surface area contributed by atoms with E-state index in [0.717, 1.165) is 37.4 Å². The minimum atomic E-state index is 0.191. The van der Waals surface area contributed by atoms with Crippen LogP contribution in [0.2, 0.25) is 0 Å². The first-order chi connectivity index (χ1) is 10.6. The summed E-state index contributed by atoms with van der Waals surface area (Å²) in [5.74, 6) is 1.63. The lowest BCUT2D eigenvalue weighted by Crippen LogP contribution is -2.45. The molecule has 1 saturated heterocycles. The first-order valence-corrected chi connectivity index (χ1v) is 8.76. The van der Waals surface area contributed by atoms with Crippen molar-refractivity contribution < 1.29 is 4.79 Å². The van der Waals surface area contributed by atoms with Gasteiger partial charge >= 0.3 is 0 Å². The molecule has 120 valence electrons. The largest absolute Gasteiger partial charge is 0.339 e. The van der Waals surface area contributed by atoms with Gasteiger partial charge < -0.3 is 10.2 Å². The number of rotatable bonds is 5. The van der Waals surface area contributed by atoms with Crippen LogP contribution in [-0.4, -0.2) is 36.5 Å². The van der Waals surface area contributed by atoms with E-state index < -0.39 is 0 Å². The van der Waals surface area contributed by atoms with Crippen molar-refractivity contribution in [1.29, 1.82) is 0 Å².